The second-order valence-corrected chi connectivity index (χ2v) is 7.33. The molecule has 2 aromatic rings. The molecule has 8 nitrogen and oxygen atoms in total. The summed E-state index contributed by atoms with van der Waals surface area (Å²) in [5.74, 6) is -0.565. The normalized spacial score (nSPS) is 21.6. The summed E-state index contributed by atoms with van der Waals surface area (Å²) in [5.41, 5.74) is -2.78. The summed E-state index contributed by atoms with van der Waals surface area (Å²) in [5, 5.41) is 5.17. The molecule has 0 radical (unpaired) electrons. The quantitative estimate of drug-likeness (QED) is 0.660. The molecule has 2 aliphatic rings. The zero-order chi connectivity index (χ0) is 23.3. The second kappa shape index (κ2) is 7.76. The van der Waals surface area contributed by atoms with Crippen LogP contribution in [-0.4, -0.2) is 52.9 Å². The third-order valence-electron chi connectivity index (χ3n) is 4.96. The maximum Gasteiger partial charge on any atom is 0.430 e. The van der Waals surface area contributed by atoms with Gasteiger partial charge in [0.05, 0.1) is 16.8 Å². The largest absolute Gasteiger partial charge is 0.431 e. The number of hydrogen-bond acceptors (Lipinski definition) is 7. The monoisotopic (exact) mass is 462 g/mol. The molecule has 0 aliphatic carbocycles. The Labute approximate surface area is 177 Å². The van der Waals surface area contributed by atoms with Gasteiger partial charge >= 0.3 is 18.4 Å². The second-order valence-electron chi connectivity index (χ2n) is 7.33. The smallest absolute Gasteiger partial charge is 0.430 e. The van der Waals surface area contributed by atoms with E-state index in [0.29, 0.717) is 25.7 Å². The van der Waals surface area contributed by atoms with Gasteiger partial charge in [0.1, 0.15) is 23.7 Å². The lowest BCUT2D eigenvalue weighted by atomic mass is 10.0. The number of pyridine rings is 1. The van der Waals surface area contributed by atoms with E-state index in [0.717, 1.165) is 12.4 Å². The van der Waals surface area contributed by atoms with E-state index in [2.05, 4.69) is 25.0 Å². The summed E-state index contributed by atoms with van der Waals surface area (Å²) in [7, 11) is 0. The van der Waals surface area contributed by atoms with Crippen LogP contribution in [0, 0.1) is 0 Å². The third kappa shape index (κ3) is 4.26. The van der Waals surface area contributed by atoms with Gasteiger partial charge in [-0.2, -0.15) is 26.3 Å². The Kier molecular flexibility index (Phi) is 5.35. The third-order valence-corrected chi connectivity index (χ3v) is 4.96. The van der Waals surface area contributed by atoms with E-state index < -0.39 is 52.9 Å². The number of rotatable bonds is 2. The number of anilines is 2. The van der Waals surface area contributed by atoms with Crippen LogP contribution in [0.5, 0.6) is 0 Å². The van der Waals surface area contributed by atoms with Crippen molar-refractivity contribution >= 4 is 17.7 Å². The first kappa shape index (κ1) is 22.0. The van der Waals surface area contributed by atoms with Crippen LogP contribution in [0.3, 0.4) is 0 Å². The Morgan fingerprint density at radius 1 is 1.16 bits per heavy atom. The summed E-state index contributed by atoms with van der Waals surface area (Å²) in [6, 6.07) is 1.42. The van der Waals surface area contributed by atoms with Crippen molar-refractivity contribution in [2.45, 2.75) is 31.4 Å². The number of carbonyl (C=O) groups excluding carboxylic acids is 1. The molecule has 172 valence electrons. The molecule has 2 aromatic heterocycles. The van der Waals surface area contributed by atoms with Gasteiger partial charge < -0.3 is 15.0 Å². The number of aromatic nitrogens is 3. The van der Waals surface area contributed by atoms with Crippen molar-refractivity contribution in [1.82, 2.24) is 20.3 Å². The number of ether oxygens (including phenoxy) is 1. The Bertz CT molecular complexity index is 1040. The predicted molar refractivity (Wildman–Crippen MR) is 98.8 cm³/mol. The van der Waals surface area contributed by atoms with Crippen molar-refractivity contribution in [3.8, 4) is 11.4 Å². The van der Waals surface area contributed by atoms with E-state index in [1.807, 2.05) is 12.2 Å². The zero-order valence-electron chi connectivity index (χ0n) is 16.4. The van der Waals surface area contributed by atoms with Crippen LogP contribution in [0.4, 0.5) is 42.8 Å². The first-order valence-electron chi connectivity index (χ1n) is 9.40. The van der Waals surface area contributed by atoms with Gasteiger partial charge in [-0.1, -0.05) is 0 Å². The Morgan fingerprint density at radius 3 is 2.56 bits per heavy atom. The standard InChI is InChI=1S/C18H16F6N6O2/c1-8-6-30(3-2-25-8)11-5-9(17(19,20)21)4-10(28-11)13-12-14(18(22,23)24)32-16(31)29-15(12)27-7-26-13/h4-5,7-8,14,25H,2-3,6H2,1H3,(H,26,27,29,31)/t8-,14+/m0/s1. The molecule has 1 fully saturated rings. The number of alkyl halides is 6. The number of amides is 1. The molecule has 1 amide bonds. The minimum absolute atomic E-state index is 0.0337. The van der Waals surface area contributed by atoms with Gasteiger partial charge in [-0.05, 0) is 19.1 Å². The highest BCUT2D eigenvalue weighted by Crippen LogP contribution is 2.45. The fourth-order valence-corrected chi connectivity index (χ4v) is 3.57. The molecule has 0 unspecified atom stereocenters. The lowest BCUT2D eigenvalue weighted by Gasteiger charge is -2.33. The van der Waals surface area contributed by atoms with E-state index >= 15 is 0 Å². The van der Waals surface area contributed by atoms with Crippen LogP contribution in [0.25, 0.3) is 11.4 Å². The molecular weight excluding hydrogens is 446 g/mol. The summed E-state index contributed by atoms with van der Waals surface area (Å²) in [6.07, 6.45) is -13.2. The number of cyclic esters (lactones) is 1. The molecule has 14 heteroatoms. The van der Waals surface area contributed by atoms with E-state index in [1.165, 1.54) is 0 Å². The number of carbonyl (C=O) groups is 1. The van der Waals surface area contributed by atoms with Crippen molar-refractivity contribution < 1.29 is 35.9 Å². The van der Waals surface area contributed by atoms with Gasteiger partial charge in [0.2, 0.25) is 6.10 Å². The van der Waals surface area contributed by atoms with Crippen LogP contribution in [0.1, 0.15) is 24.2 Å². The van der Waals surface area contributed by atoms with Crippen LogP contribution in [0.15, 0.2) is 18.5 Å². The average Bonchev–Trinajstić information content (AvgIpc) is 2.71. The summed E-state index contributed by atoms with van der Waals surface area (Å²) in [4.78, 5) is 24.7. The van der Waals surface area contributed by atoms with Gasteiger partial charge in [0.15, 0.2) is 0 Å². The van der Waals surface area contributed by atoms with Crippen molar-refractivity contribution in [1.29, 1.82) is 0 Å². The highest BCUT2D eigenvalue weighted by molar-refractivity contribution is 5.88. The lowest BCUT2D eigenvalue weighted by Crippen LogP contribution is -2.49. The number of piperazine rings is 1. The van der Waals surface area contributed by atoms with Gasteiger partial charge in [0.25, 0.3) is 0 Å². The molecule has 0 spiro atoms. The number of hydrogen-bond donors (Lipinski definition) is 2. The van der Waals surface area contributed by atoms with Crippen molar-refractivity contribution in [3.05, 3.63) is 29.6 Å². The van der Waals surface area contributed by atoms with Crippen LogP contribution in [-0.2, 0) is 10.9 Å². The van der Waals surface area contributed by atoms with E-state index in [1.54, 1.807) is 4.90 Å². The zero-order valence-corrected chi connectivity index (χ0v) is 16.4. The van der Waals surface area contributed by atoms with Gasteiger partial charge in [-0.3, -0.25) is 5.32 Å². The maximum absolute atomic E-state index is 13.6. The SMILES string of the molecule is C[C@H]1CN(c2cc(C(F)(F)F)cc(-c3ncnc4c3[C@H](C(F)(F)F)OC(=O)N4)n2)CCN1. The number of nitrogens with zero attached hydrogens (tertiary/aromatic N) is 4. The lowest BCUT2D eigenvalue weighted by molar-refractivity contribution is -0.206. The minimum Gasteiger partial charge on any atom is -0.431 e. The van der Waals surface area contributed by atoms with Crippen molar-refractivity contribution in [2.75, 3.05) is 29.9 Å². The molecule has 1 saturated heterocycles. The van der Waals surface area contributed by atoms with Crippen LogP contribution >= 0.6 is 0 Å². The Morgan fingerprint density at radius 2 is 1.91 bits per heavy atom. The van der Waals surface area contributed by atoms with Crippen LogP contribution in [0.2, 0.25) is 0 Å². The molecule has 0 saturated carbocycles. The topological polar surface area (TPSA) is 92.3 Å². The van der Waals surface area contributed by atoms with Crippen LogP contribution < -0.4 is 15.5 Å². The fourth-order valence-electron chi connectivity index (χ4n) is 3.57. The molecule has 2 aliphatic heterocycles. The molecule has 0 aromatic carbocycles. The fraction of sp³-hybridized carbons (Fsp3) is 0.444. The van der Waals surface area contributed by atoms with Gasteiger partial charge in [0, 0.05) is 25.7 Å². The molecule has 0 bridgehead atoms. The summed E-state index contributed by atoms with van der Waals surface area (Å²) in [6.45, 7) is 3.03. The Hall–Kier alpha value is -3.16. The van der Waals surface area contributed by atoms with E-state index in [9.17, 15) is 31.1 Å². The first-order chi connectivity index (χ1) is 14.9. The minimum atomic E-state index is -5.05. The molecule has 2 atom stereocenters. The molecule has 4 rings (SSSR count). The van der Waals surface area contributed by atoms with Gasteiger partial charge in [-0.25, -0.2) is 19.7 Å². The molecule has 2 N–H and O–H groups in total. The van der Waals surface area contributed by atoms with Gasteiger partial charge in [-0.15, -0.1) is 0 Å². The van der Waals surface area contributed by atoms with Crippen molar-refractivity contribution in [2.24, 2.45) is 0 Å². The molecule has 4 heterocycles. The molecule has 32 heavy (non-hydrogen) atoms. The number of nitrogens with one attached hydrogen (secondary N) is 2. The number of fused-ring (bicyclic) bond motifs is 1. The van der Waals surface area contributed by atoms with Crippen molar-refractivity contribution in [3.63, 3.8) is 0 Å². The molecular formula is C18H16F6N6O2. The van der Waals surface area contributed by atoms with E-state index in [4.69, 9.17) is 0 Å². The predicted octanol–water partition coefficient (Wildman–Crippen LogP) is 3.52. The van der Waals surface area contributed by atoms with E-state index in [-0.39, 0.29) is 11.9 Å². The highest BCUT2D eigenvalue weighted by Gasteiger charge is 2.50. The first-order valence-corrected chi connectivity index (χ1v) is 9.40. The maximum atomic E-state index is 13.6. The summed E-state index contributed by atoms with van der Waals surface area (Å²) < 4.78 is 86.0. The average molecular weight is 462 g/mol. The number of halogens is 6. The Balaban J connectivity index is 1.90. The highest BCUT2D eigenvalue weighted by atomic mass is 19.4. The summed E-state index contributed by atoms with van der Waals surface area (Å²) >= 11 is 0.